The van der Waals surface area contributed by atoms with Crippen LogP contribution in [0, 0.1) is 27.6 Å². The lowest BCUT2D eigenvalue weighted by Crippen LogP contribution is -2.36. The van der Waals surface area contributed by atoms with Crippen molar-refractivity contribution in [1.82, 2.24) is 20.5 Å². The number of amidine groups is 1. The van der Waals surface area contributed by atoms with Gasteiger partial charge in [-0.2, -0.15) is 13.2 Å². The number of nitrogens with zero attached hydrogens (tertiary/aromatic N) is 2. The van der Waals surface area contributed by atoms with E-state index in [-0.39, 0.29) is 34.9 Å². The number of allylic oxidation sites excluding steroid dienone is 2. The molecule has 1 atom stereocenters. The van der Waals surface area contributed by atoms with Gasteiger partial charge in [-0.25, -0.2) is 0 Å². The molecule has 34 heavy (non-hydrogen) atoms. The van der Waals surface area contributed by atoms with E-state index in [1.807, 2.05) is 4.90 Å². The van der Waals surface area contributed by atoms with E-state index >= 15 is 0 Å². The third-order valence-electron chi connectivity index (χ3n) is 6.72. The maximum atomic E-state index is 13.2. The number of halogens is 3. The predicted octanol–water partition coefficient (Wildman–Crippen LogP) is 3.99. The van der Waals surface area contributed by atoms with Crippen molar-refractivity contribution in [2.24, 2.45) is 11.3 Å². The molecule has 1 aromatic heterocycles. The molecule has 0 aromatic carbocycles. The van der Waals surface area contributed by atoms with E-state index in [2.05, 4.69) is 15.6 Å². The second-order valence-electron chi connectivity index (χ2n) is 9.05. The summed E-state index contributed by atoms with van der Waals surface area (Å²) in [6, 6.07) is 2.41. The molecule has 0 radical (unpaired) electrons. The van der Waals surface area contributed by atoms with E-state index in [1.54, 1.807) is 20.2 Å². The minimum absolute atomic E-state index is 0.0803. The fraction of sp³-hybridized carbons (Fsp3) is 0.500. The number of hydrogen-bond acceptors (Lipinski definition) is 6. The summed E-state index contributed by atoms with van der Waals surface area (Å²) in [6.07, 6.45) is 4.55. The van der Waals surface area contributed by atoms with Crippen LogP contribution in [0.1, 0.15) is 37.4 Å². The Labute approximate surface area is 198 Å². The van der Waals surface area contributed by atoms with Gasteiger partial charge in [-0.1, -0.05) is 0 Å². The van der Waals surface area contributed by atoms with E-state index in [4.69, 9.17) is 16.2 Å². The molecule has 10 heteroatoms. The van der Waals surface area contributed by atoms with Gasteiger partial charge in [0.05, 0.1) is 17.0 Å². The maximum absolute atomic E-state index is 13.2. The summed E-state index contributed by atoms with van der Waals surface area (Å²) in [5.74, 6) is 0.650. The van der Waals surface area contributed by atoms with Crippen LogP contribution in [-0.2, 0) is 12.7 Å². The number of alkyl halides is 3. The van der Waals surface area contributed by atoms with Crippen LogP contribution >= 0.6 is 0 Å². The third-order valence-corrected chi connectivity index (χ3v) is 6.72. The highest BCUT2D eigenvalue weighted by Gasteiger charge is 2.54. The topological polar surface area (TPSA) is 112 Å². The molecule has 2 aliphatic rings. The predicted molar refractivity (Wildman–Crippen MR) is 127 cm³/mol. The standard InChI is InChI=1S/C24H32F3N7/c1-16(28)18(14-31-2)20(29)5-6-22(30)33-13-17-12-23(17)7-10-34(11-8-23)15-21-19(24(25,26)27)4-3-9-32-21/h3-6,9,14,17,28-29,31H,7-8,10-13,15H2,1-2H3,(H2,30,33)/b6-5-,18-14+,28-16?,29-20?. The summed E-state index contributed by atoms with van der Waals surface area (Å²) in [5.41, 5.74) is 0.520. The molecule has 3 rings (SSSR count). The van der Waals surface area contributed by atoms with E-state index in [9.17, 15) is 13.2 Å². The molecule has 1 saturated carbocycles. The Bertz CT molecular complexity index is 989. The van der Waals surface area contributed by atoms with Crippen LogP contribution in [0.2, 0.25) is 0 Å². The number of hydrogen-bond donors (Lipinski definition) is 5. The molecule has 5 N–H and O–H groups in total. The Balaban J connectivity index is 1.45. The summed E-state index contributed by atoms with van der Waals surface area (Å²) in [6.45, 7) is 3.95. The number of piperidine rings is 1. The zero-order valence-corrected chi connectivity index (χ0v) is 19.5. The van der Waals surface area contributed by atoms with Gasteiger partial charge in [0, 0.05) is 43.8 Å². The van der Waals surface area contributed by atoms with Gasteiger partial charge in [0.2, 0.25) is 0 Å². The molecular weight excluding hydrogens is 443 g/mol. The first-order chi connectivity index (χ1) is 16.1. The summed E-state index contributed by atoms with van der Waals surface area (Å²) in [5, 5.41) is 29.8. The van der Waals surface area contributed by atoms with E-state index in [1.165, 1.54) is 24.4 Å². The molecule has 0 amide bonds. The second-order valence-corrected chi connectivity index (χ2v) is 9.05. The van der Waals surface area contributed by atoms with E-state index in [0.29, 0.717) is 18.0 Å². The first-order valence-corrected chi connectivity index (χ1v) is 11.3. The molecule has 1 spiro atoms. The van der Waals surface area contributed by atoms with Gasteiger partial charge in [0.15, 0.2) is 0 Å². The van der Waals surface area contributed by atoms with Gasteiger partial charge in [0.25, 0.3) is 0 Å². The zero-order valence-electron chi connectivity index (χ0n) is 19.5. The Kier molecular flexibility index (Phi) is 7.91. The Hall–Kier alpha value is -3.01. The van der Waals surface area contributed by atoms with Crippen molar-refractivity contribution in [3.8, 4) is 0 Å². The summed E-state index contributed by atoms with van der Waals surface area (Å²) in [4.78, 5) is 6.03. The number of rotatable bonds is 9. The highest BCUT2D eigenvalue weighted by atomic mass is 19.4. The average molecular weight is 476 g/mol. The van der Waals surface area contributed by atoms with Gasteiger partial charge >= 0.3 is 6.18 Å². The van der Waals surface area contributed by atoms with Gasteiger partial charge in [-0.3, -0.25) is 15.3 Å². The van der Waals surface area contributed by atoms with Crippen LogP contribution in [-0.4, -0.2) is 53.8 Å². The second kappa shape index (κ2) is 10.5. The molecule has 1 unspecified atom stereocenters. The number of nitrogens with one attached hydrogen (secondary N) is 5. The van der Waals surface area contributed by atoms with Crippen molar-refractivity contribution in [3.05, 3.63) is 53.5 Å². The van der Waals surface area contributed by atoms with Crippen LogP contribution < -0.4 is 10.6 Å². The van der Waals surface area contributed by atoms with Crippen molar-refractivity contribution < 1.29 is 13.2 Å². The van der Waals surface area contributed by atoms with Gasteiger partial charge < -0.3 is 21.5 Å². The van der Waals surface area contributed by atoms with Crippen molar-refractivity contribution in [2.75, 3.05) is 26.7 Å². The molecule has 1 aromatic rings. The van der Waals surface area contributed by atoms with Gasteiger partial charge in [-0.15, -0.1) is 0 Å². The molecular formula is C24H32F3N7. The molecule has 184 valence electrons. The first kappa shape index (κ1) is 25.6. The zero-order chi connectivity index (χ0) is 24.9. The molecule has 1 aliphatic carbocycles. The molecule has 2 heterocycles. The molecule has 2 fully saturated rings. The van der Waals surface area contributed by atoms with Crippen molar-refractivity contribution in [1.29, 1.82) is 16.2 Å². The fourth-order valence-electron chi connectivity index (χ4n) is 4.60. The number of pyridine rings is 1. The van der Waals surface area contributed by atoms with Crippen LogP contribution in [0.3, 0.4) is 0 Å². The van der Waals surface area contributed by atoms with Crippen LogP contribution in [0.4, 0.5) is 13.2 Å². The molecule has 0 bridgehead atoms. The molecule has 1 saturated heterocycles. The first-order valence-electron chi connectivity index (χ1n) is 11.3. The Morgan fingerprint density at radius 2 is 1.94 bits per heavy atom. The quantitative estimate of drug-likeness (QED) is 0.275. The highest BCUT2D eigenvalue weighted by molar-refractivity contribution is 6.26. The molecule has 7 nitrogen and oxygen atoms in total. The van der Waals surface area contributed by atoms with Crippen molar-refractivity contribution in [3.63, 3.8) is 0 Å². The van der Waals surface area contributed by atoms with Crippen molar-refractivity contribution in [2.45, 2.75) is 38.9 Å². The summed E-state index contributed by atoms with van der Waals surface area (Å²) >= 11 is 0. The minimum atomic E-state index is -4.39. The molecule has 1 aliphatic heterocycles. The third kappa shape index (κ3) is 6.31. The normalized spacial score (nSPS) is 20.4. The SMILES string of the molecule is CN/C=C(\C(C)=N)C(=N)/C=C\C(=N)NCC1CC12CCN(Cc1ncccc1C(F)(F)F)CC2. The smallest absolute Gasteiger partial charge is 0.393 e. The lowest BCUT2D eigenvalue weighted by molar-refractivity contribution is -0.138. The van der Waals surface area contributed by atoms with Gasteiger partial charge in [0.1, 0.15) is 5.84 Å². The fourth-order valence-corrected chi connectivity index (χ4v) is 4.60. The lowest BCUT2D eigenvalue weighted by atomic mass is 9.90. The van der Waals surface area contributed by atoms with Crippen LogP contribution in [0.25, 0.3) is 0 Å². The largest absolute Gasteiger partial charge is 0.418 e. The Morgan fingerprint density at radius 1 is 1.24 bits per heavy atom. The number of aromatic nitrogens is 1. The lowest BCUT2D eigenvalue weighted by Gasteiger charge is -2.33. The van der Waals surface area contributed by atoms with Crippen molar-refractivity contribution >= 4 is 17.3 Å². The summed E-state index contributed by atoms with van der Waals surface area (Å²) < 4.78 is 39.7. The maximum Gasteiger partial charge on any atom is 0.418 e. The number of likely N-dealkylation sites (tertiary alicyclic amines) is 1. The highest BCUT2D eigenvalue weighted by Crippen LogP contribution is 2.59. The van der Waals surface area contributed by atoms with Crippen LogP contribution in [0.5, 0.6) is 0 Å². The minimum Gasteiger partial charge on any atom is -0.393 e. The van der Waals surface area contributed by atoms with E-state index in [0.717, 1.165) is 38.4 Å². The van der Waals surface area contributed by atoms with Gasteiger partial charge in [-0.05, 0) is 74.9 Å². The average Bonchev–Trinajstić information content (AvgIpc) is 3.47. The van der Waals surface area contributed by atoms with Crippen LogP contribution in [0.15, 0.2) is 42.3 Å². The van der Waals surface area contributed by atoms with E-state index < -0.39 is 11.7 Å². The Morgan fingerprint density at radius 3 is 2.56 bits per heavy atom. The monoisotopic (exact) mass is 475 g/mol. The summed E-state index contributed by atoms with van der Waals surface area (Å²) in [7, 11) is 1.71.